The Labute approximate surface area is 208 Å². The number of esters is 1. The number of benzene rings is 3. The van der Waals surface area contributed by atoms with E-state index in [1.807, 2.05) is 54.6 Å². The molecule has 1 aliphatic rings. The summed E-state index contributed by atoms with van der Waals surface area (Å²) >= 11 is 0. The Hall–Kier alpha value is -4.32. The molecule has 0 saturated carbocycles. The fraction of sp³-hybridized carbons (Fsp3) is 0.200. The zero-order chi connectivity index (χ0) is 24.8. The van der Waals surface area contributed by atoms with Crippen molar-refractivity contribution in [2.24, 2.45) is 0 Å². The monoisotopic (exact) mass is 478 g/mol. The van der Waals surface area contributed by atoms with Crippen LogP contribution in [0.2, 0.25) is 0 Å². The summed E-state index contributed by atoms with van der Waals surface area (Å²) in [7, 11) is 1.62. The first-order valence-electron chi connectivity index (χ1n) is 12.1. The topological polar surface area (TPSA) is 62.5 Å². The van der Waals surface area contributed by atoms with E-state index in [0.29, 0.717) is 24.3 Å². The number of hydrogen-bond acceptors (Lipinski definition) is 4. The van der Waals surface area contributed by atoms with E-state index in [0.717, 1.165) is 38.7 Å². The Balaban J connectivity index is 1.64. The minimum atomic E-state index is -0.471. The molecular formula is C30H26N2O4. The number of ether oxygens (including phenoxy) is 2. The van der Waals surface area contributed by atoms with E-state index < -0.39 is 6.04 Å². The zero-order valence-corrected chi connectivity index (χ0v) is 20.2. The Morgan fingerprint density at radius 3 is 2.56 bits per heavy atom. The number of methoxy groups -OCH3 is 1. The minimum absolute atomic E-state index is 0.0745. The van der Waals surface area contributed by atoms with Crippen LogP contribution < -0.4 is 10.3 Å². The van der Waals surface area contributed by atoms with Gasteiger partial charge in [0.05, 0.1) is 38.4 Å². The molecule has 1 atom stereocenters. The third kappa shape index (κ3) is 3.40. The highest BCUT2D eigenvalue weighted by Crippen LogP contribution is 2.45. The molecule has 0 radical (unpaired) electrons. The highest BCUT2D eigenvalue weighted by Gasteiger charge is 2.35. The smallest absolute Gasteiger partial charge is 0.308 e. The van der Waals surface area contributed by atoms with Gasteiger partial charge in [-0.1, -0.05) is 36.4 Å². The molecule has 0 spiro atoms. The summed E-state index contributed by atoms with van der Waals surface area (Å²) in [5.74, 6) is 0.355. The van der Waals surface area contributed by atoms with Crippen molar-refractivity contribution >= 4 is 27.6 Å². The number of para-hydroxylation sites is 1. The normalized spacial score (nSPS) is 14.1. The van der Waals surface area contributed by atoms with Gasteiger partial charge in [0.1, 0.15) is 5.75 Å². The second-order valence-electron chi connectivity index (χ2n) is 9.03. The Morgan fingerprint density at radius 1 is 0.972 bits per heavy atom. The fourth-order valence-corrected chi connectivity index (χ4v) is 5.51. The lowest BCUT2D eigenvalue weighted by Crippen LogP contribution is -2.27. The summed E-state index contributed by atoms with van der Waals surface area (Å²) in [6.45, 7) is 2.67. The molecule has 2 aromatic heterocycles. The third-order valence-electron chi connectivity index (χ3n) is 7.09. The molecule has 0 saturated heterocycles. The summed E-state index contributed by atoms with van der Waals surface area (Å²) in [5.41, 5.74) is 4.76. The van der Waals surface area contributed by atoms with E-state index in [2.05, 4.69) is 29.0 Å². The highest BCUT2D eigenvalue weighted by atomic mass is 16.5. The average Bonchev–Trinajstić information content (AvgIpc) is 3.45. The Bertz CT molecular complexity index is 1700. The standard InChI is InChI=1S/C30H26N2O4/c1-3-36-28(33)17-27-24-16-20(35-2)12-13-22(24)29-25(18-31-15-14-19-8-4-7-11-26(19)31)21-9-5-6-10-23(21)30(34)32(27)29/h4-16,27H,3,17-18H2,1-2H3. The Kier molecular flexibility index (Phi) is 5.37. The first kappa shape index (κ1) is 22.2. The van der Waals surface area contributed by atoms with Crippen LogP contribution in [0, 0.1) is 0 Å². The van der Waals surface area contributed by atoms with Crippen LogP contribution in [0.4, 0.5) is 0 Å². The molecule has 0 fully saturated rings. The molecule has 0 bridgehead atoms. The zero-order valence-electron chi connectivity index (χ0n) is 20.2. The number of hydrogen-bond donors (Lipinski definition) is 0. The summed E-state index contributed by atoms with van der Waals surface area (Å²) in [6, 6.07) is 23.5. The summed E-state index contributed by atoms with van der Waals surface area (Å²) in [5, 5.41) is 2.73. The molecule has 6 heteroatoms. The lowest BCUT2D eigenvalue weighted by Gasteiger charge is -2.19. The van der Waals surface area contributed by atoms with Gasteiger partial charge in [0.2, 0.25) is 0 Å². The summed E-state index contributed by atoms with van der Waals surface area (Å²) < 4.78 is 14.8. The van der Waals surface area contributed by atoms with Gasteiger partial charge in [-0.05, 0) is 59.7 Å². The summed E-state index contributed by atoms with van der Waals surface area (Å²) in [4.78, 5) is 26.6. The van der Waals surface area contributed by atoms with Crippen molar-refractivity contribution in [1.82, 2.24) is 9.13 Å². The van der Waals surface area contributed by atoms with Crippen LogP contribution >= 0.6 is 0 Å². The van der Waals surface area contributed by atoms with Crippen LogP contribution in [0.1, 0.15) is 30.5 Å². The summed E-state index contributed by atoms with van der Waals surface area (Å²) in [6.07, 6.45) is 2.16. The molecule has 180 valence electrons. The van der Waals surface area contributed by atoms with Gasteiger partial charge >= 0.3 is 5.97 Å². The second-order valence-corrected chi connectivity index (χ2v) is 9.03. The van der Waals surface area contributed by atoms with Gasteiger partial charge in [-0.2, -0.15) is 0 Å². The van der Waals surface area contributed by atoms with Gasteiger partial charge in [-0.3, -0.25) is 14.2 Å². The molecule has 1 aliphatic heterocycles. The molecular weight excluding hydrogens is 452 g/mol. The van der Waals surface area contributed by atoms with Crippen molar-refractivity contribution in [2.75, 3.05) is 13.7 Å². The van der Waals surface area contributed by atoms with Crippen molar-refractivity contribution in [2.45, 2.75) is 25.9 Å². The third-order valence-corrected chi connectivity index (χ3v) is 7.09. The van der Waals surface area contributed by atoms with Crippen molar-refractivity contribution in [3.63, 3.8) is 0 Å². The maximum atomic E-state index is 13.9. The van der Waals surface area contributed by atoms with Gasteiger partial charge in [0.25, 0.3) is 5.56 Å². The molecule has 3 heterocycles. The molecule has 6 nitrogen and oxygen atoms in total. The molecule has 0 amide bonds. The van der Waals surface area contributed by atoms with Crippen LogP contribution in [-0.4, -0.2) is 28.8 Å². The van der Waals surface area contributed by atoms with E-state index in [-0.39, 0.29) is 17.9 Å². The number of carbonyl (C=O) groups is 1. The molecule has 0 aliphatic carbocycles. The number of rotatable bonds is 6. The van der Waals surface area contributed by atoms with Crippen LogP contribution in [-0.2, 0) is 16.1 Å². The maximum Gasteiger partial charge on any atom is 0.308 e. The highest BCUT2D eigenvalue weighted by molar-refractivity contribution is 5.92. The largest absolute Gasteiger partial charge is 0.497 e. The van der Waals surface area contributed by atoms with Crippen LogP contribution in [0.25, 0.3) is 32.9 Å². The van der Waals surface area contributed by atoms with Crippen LogP contribution in [0.5, 0.6) is 5.75 Å². The van der Waals surface area contributed by atoms with Gasteiger partial charge in [-0.25, -0.2) is 0 Å². The van der Waals surface area contributed by atoms with Crippen molar-refractivity contribution in [1.29, 1.82) is 0 Å². The predicted octanol–water partition coefficient (Wildman–Crippen LogP) is 5.54. The average molecular weight is 479 g/mol. The van der Waals surface area contributed by atoms with Gasteiger partial charge in [0, 0.05) is 28.2 Å². The van der Waals surface area contributed by atoms with E-state index in [9.17, 15) is 9.59 Å². The molecule has 3 aromatic carbocycles. The number of fused-ring (bicyclic) bond motifs is 5. The SMILES string of the molecule is CCOC(=O)CC1c2cc(OC)ccc2-c2c(Cn3ccc4ccccc43)c3ccccc3c(=O)n21. The molecule has 36 heavy (non-hydrogen) atoms. The maximum absolute atomic E-state index is 13.9. The van der Waals surface area contributed by atoms with E-state index >= 15 is 0 Å². The van der Waals surface area contributed by atoms with Crippen LogP contribution in [0.15, 0.2) is 83.8 Å². The fourth-order valence-electron chi connectivity index (χ4n) is 5.51. The lowest BCUT2D eigenvalue weighted by atomic mass is 9.97. The van der Waals surface area contributed by atoms with E-state index in [1.165, 1.54) is 0 Å². The lowest BCUT2D eigenvalue weighted by molar-refractivity contribution is -0.143. The van der Waals surface area contributed by atoms with Crippen molar-refractivity contribution in [3.05, 3.63) is 100 Å². The number of aromatic nitrogens is 2. The quantitative estimate of drug-likeness (QED) is 0.301. The van der Waals surface area contributed by atoms with Crippen LogP contribution in [0.3, 0.4) is 0 Å². The van der Waals surface area contributed by atoms with Gasteiger partial charge < -0.3 is 14.0 Å². The van der Waals surface area contributed by atoms with E-state index in [1.54, 1.807) is 18.6 Å². The Morgan fingerprint density at radius 2 is 1.75 bits per heavy atom. The molecule has 6 rings (SSSR count). The molecule has 1 unspecified atom stereocenters. The van der Waals surface area contributed by atoms with Gasteiger partial charge in [0.15, 0.2) is 0 Å². The number of carbonyl (C=O) groups excluding carboxylic acids is 1. The first-order chi connectivity index (χ1) is 17.6. The van der Waals surface area contributed by atoms with Crippen molar-refractivity contribution in [3.8, 4) is 17.0 Å². The minimum Gasteiger partial charge on any atom is -0.497 e. The number of pyridine rings is 1. The van der Waals surface area contributed by atoms with E-state index in [4.69, 9.17) is 9.47 Å². The van der Waals surface area contributed by atoms with Gasteiger partial charge in [-0.15, -0.1) is 0 Å². The molecule has 5 aromatic rings. The number of nitrogens with zero attached hydrogens (tertiary/aromatic N) is 2. The van der Waals surface area contributed by atoms with Crippen molar-refractivity contribution < 1.29 is 14.3 Å². The predicted molar refractivity (Wildman–Crippen MR) is 141 cm³/mol. The second kappa shape index (κ2) is 8.72. The molecule has 0 N–H and O–H groups in total. The first-order valence-corrected chi connectivity index (χ1v) is 12.1.